The van der Waals surface area contributed by atoms with Crippen LogP contribution in [0.4, 0.5) is 0 Å². The Kier molecular flexibility index (Phi) is 6.30. The molecule has 1 aromatic rings. The van der Waals surface area contributed by atoms with E-state index in [1.54, 1.807) is 7.11 Å². The van der Waals surface area contributed by atoms with Crippen LogP contribution in [0, 0.1) is 12.3 Å². The maximum Gasteiger partial charge on any atom is 0.248 e. The maximum absolute atomic E-state index is 12.0. The minimum absolute atomic E-state index is 0.140. The van der Waals surface area contributed by atoms with Crippen molar-refractivity contribution >= 4 is 5.91 Å². The molecule has 3 rings (SSSR count). The molecule has 0 aromatic carbocycles. The van der Waals surface area contributed by atoms with Gasteiger partial charge in [-0.3, -0.25) is 14.7 Å². The Morgan fingerprint density at radius 2 is 2.00 bits per heavy atom. The van der Waals surface area contributed by atoms with Gasteiger partial charge in [0.1, 0.15) is 6.61 Å². The quantitative estimate of drug-likeness (QED) is 0.811. The van der Waals surface area contributed by atoms with Crippen LogP contribution in [-0.2, 0) is 16.1 Å². The first kappa shape index (κ1) is 19.3. The number of aryl methyl sites for hydroxylation is 1. The zero-order valence-corrected chi connectivity index (χ0v) is 16.5. The van der Waals surface area contributed by atoms with E-state index in [1.807, 2.05) is 17.2 Å². The van der Waals surface area contributed by atoms with Crippen LogP contribution in [0.15, 0.2) is 18.3 Å². The van der Waals surface area contributed by atoms with Crippen molar-refractivity contribution in [3.8, 4) is 0 Å². The summed E-state index contributed by atoms with van der Waals surface area (Å²) in [4.78, 5) is 21.0. The summed E-state index contributed by atoms with van der Waals surface area (Å²) < 4.78 is 4.99. The molecule has 0 bridgehead atoms. The summed E-state index contributed by atoms with van der Waals surface area (Å²) in [6.45, 7) is 5.09. The van der Waals surface area contributed by atoms with Gasteiger partial charge in [0.25, 0.3) is 0 Å². The third kappa shape index (κ3) is 4.44. The van der Waals surface area contributed by atoms with Gasteiger partial charge in [-0.1, -0.05) is 6.07 Å². The van der Waals surface area contributed by atoms with Gasteiger partial charge in [0, 0.05) is 39.0 Å². The lowest BCUT2D eigenvalue weighted by atomic mass is 9.66. The molecular weight excluding hydrogens is 326 g/mol. The molecule has 1 saturated heterocycles. The molecule has 1 aromatic heterocycles. The molecule has 2 aliphatic rings. The predicted octanol–water partition coefficient (Wildman–Crippen LogP) is 3.02. The fraction of sp³-hybridized carbons (Fsp3) is 0.714. The topological polar surface area (TPSA) is 45.7 Å². The van der Waals surface area contributed by atoms with Gasteiger partial charge in [-0.05, 0) is 69.5 Å². The number of ether oxygens (including phenoxy) is 1. The van der Waals surface area contributed by atoms with E-state index in [1.165, 1.54) is 36.9 Å². The number of carbonyl (C=O) groups is 1. The molecule has 1 spiro atoms. The van der Waals surface area contributed by atoms with Gasteiger partial charge in [-0.2, -0.15) is 0 Å². The van der Waals surface area contributed by atoms with E-state index in [0.717, 1.165) is 32.5 Å². The fourth-order valence-electron chi connectivity index (χ4n) is 4.65. The molecule has 0 radical (unpaired) electrons. The van der Waals surface area contributed by atoms with Gasteiger partial charge in [0.2, 0.25) is 5.91 Å². The molecule has 1 amide bonds. The lowest BCUT2D eigenvalue weighted by Gasteiger charge is -2.47. The molecule has 1 saturated carbocycles. The number of amides is 1. The smallest absolute Gasteiger partial charge is 0.248 e. The molecule has 5 nitrogen and oxygen atoms in total. The van der Waals surface area contributed by atoms with Crippen LogP contribution >= 0.6 is 0 Å². The van der Waals surface area contributed by atoms with Gasteiger partial charge in [0.05, 0.1) is 5.69 Å². The summed E-state index contributed by atoms with van der Waals surface area (Å²) in [5.74, 6) is 0.140. The molecule has 2 fully saturated rings. The highest BCUT2D eigenvalue weighted by atomic mass is 16.5. The summed E-state index contributed by atoms with van der Waals surface area (Å²) in [6, 6.07) is 4.80. The largest absolute Gasteiger partial charge is 0.375 e. The minimum Gasteiger partial charge on any atom is -0.375 e. The minimum atomic E-state index is 0.140. The monoisotopic (exact) mass is 359 g/mol. The molecule has 0 atom stereocenters. The van der Waals surface area contributed by atoms with Crippen molar-refractivity contribution in [2.24, 2.45) is 5.41 Å². The third-order valence-electron chi connectivity index (χ3n) is 6.60. The molecule has 5 heteroatoms. The van der Waals surface area contributed by atoms with Crippen molar-refractivity contribution in [1.82, 2.24) is 14.8 Å². The molecule has 26 heavy (non-hydrogen) atoms. The lowest BCUT2D eigenvalue weighted by molar-refractivity contribution is -0.138. The normalized spacial score (nSPS) is 20.7. The van der Waals surface area contributed by atoms with Crippen molar-refractivity contribution < 1.29 is 9.53 Å². The molecule has 1 aliphatic heterocycles. The molecule has 1 aliphatic carbocycles. The SMILES string of the molecule is COCC(=O)N1CCC2(CCC(N(C)Cc3ncccc3C)CC2)CC1. The van der Waals surface area contributed by atoms with Gasteiger partial charge in [0.15, 0.2) is 0 Å². The van der Waals surface area contributed by atoms with Crippen molar-refractivity contribution in [3.05, 3.63) is 29.6 Å². The highest BCUT2D eigenvalue weighted by Crippen LogP contribution is 2.45. The fourth-order valence-corrected chi connectivity index (χ4v) is 4.65. The van der Waals surface area contributed by atoms with E-state index >= 15 is 0 Å². The number of carbonyl (C=O) groups excluding carboxylic acids is 1. The average molecular weight is 360 g/mol. The molecular formula is C21H33N3O2. The van der Waals surface area contributed by atoms with Crippen molar-refractivity contribution in [2.45, 2.75) is 58.0 Å². The van der Waals surface area contributed by atoms with E-state index in [0.29, 0.717) is 11.5 Å². The van der Waals surface area contributed by atoms with Gasteiger partial charge < -0.3 is 9.64 Å². The summed E-state index contributed by atoms with van der Waals surface area (Å²) in [5, 5.41) is 0. The molecule has 0 N–H and O–H groups in total. The number of methoxy groups -OCH3 is 1. The van der Waals surface area contributed by atoms with E-state index < -0.39 is 0 Å². The van der Waals surface area contributed by atoms with Crippen LogP contribution in [-0.4, -0.2) is 60.6 Å². The second-order valence-corrected chi connectivity index (χ2v) is 8.23. The molecule has 2 heterocycles. The van der Waals surface area contributed by atoms with Crippen LogP contribution in [0.2, 0.25) is 0 Å². The van der Waals surface area contributed by atoms with Crippen molar-refractivity contribution in [2.75, 3.05) is 33.9 Å². The summed E-state index contributed by atoms with van der Waals surface area (Å²) in [5.41, 5.74) is 2.93. The van der Waals surface area contributed by atoms with Gasteiger partial charge >= 0.3 is 0 Å². The Bertz CT molecular complexity index is 601. The molecule has 144 valence electrons. The second-order valence-electron chi connectivity index (χ2n) is 8.23. The zero-order chi connectivity index (χ0) is 18.6. The van der Waals surface area contributed by atoms with Crippen LogP contribution in [0.1, 0.15) is 49.8 Å². The second kappa shape index (κ2) is 8.49. The first-order valence-electron chi connectivity index (χ1n) is 9.90. The van der Waals surface area contributed by atoms with E-state index in [4.69, 9.17) is 4.74 Å². The number of piperidine rings is 1. The third-order valence-corrected chi connectivity index (χ3v) is 6.60. The highest BCUT2D eigenvalue weighted by molar-refractivity contribution is 5.77. The van der Waals surface area contributed by atoms with E-state index in [9.17, 15) is 4.79 Å². The Morgan fingerprint density at radius 1 is 1.31 bits per heavy atom. The Hall–Kier alpha value is -1.46. The first-order chi connectivity index (χ1) is 12.5. The predicted molar refractivity (Wildman–Crippen MR) is 103 cm³/mol. The van der Waals surface area contributed by atoms with E-state index in [2.05, 4.69) is 29.9 Å². The van der Waals surface area contributed by atoms with Gasteiger partial charge in [-0.25, -0.2) is 0 Å². The van der Waals surface area contributed by atoms with Crippen LogP contribution in [0.3, 0.4) is 0 Å². The van der Waals surface area contributed by atoms with Crippen molar-refractivity contribution in [3.63, 3.8) is 0 Å². The Balaban J connectivity index is 1.48. The highest BCUT2D eigenvalue weighted by Gasteiger charge is 2.39. The maximum atomic E-state index is 12.0. The summed E-state index contributed by atoms with van der Waals surface area (Å²) in [7, 11) is 3.83. The standard InChI is InChI=1S/C21H33N3O2/c1-17-5-4-12-22-19(17)15-23(2)18-6-8-21(9-7-18)10-13-24(14-11-21)20(25)16-26-3/h4-5,12,18H,6-11,13-16H2,1-3H3. The summed E-state index contributed by atoms with van der Waals surface area (Å²) >= 11 is 0. The average Bonchev–Trinajstić information content (AvgIpc) is 2.65. The van der Waals surface area contributed by atoms with E-state index in [-0.39, 0.29) is 12.5 Å². The van der Waals surface area contributed by atoms with Crippen LogP contribution in [0.25, 0.3) is 0 Å². The Morgan fingerprint density at radius 3 is 2.62 bits per heavy atom. The number of likely N-dealkylation sites (tertiary alicyclic amines) is 1. The Labute approximate surface area is 157 Å². The number of pyridine rings is 1. The number of aromatic nitrogens is 1. The zero-order valence-electron chi connectivity index (χ0n) is 16.5. The van der Waals surface area contributed by atoms with Crippen LogP contribution in [0.5, 0.6) is 0 Å². The molecule has 0 unspecified atom stereocenters. The van der Waals surface area contributed by atoms with Crippen LogP contribution < -0.4 is 0 Å². The number of nitrogens with zero attached hydrogens (tertiary/aromatic N) is 3. The lowest BCUT2D eigenvalue weighted by Crippen LogP contribution is -2.47. The summed E-state index contributed by atoms with van der Waals surface area (Å²) in [6.07, 6.45) is 9.29. The number of hydrogen-bond donors (Lipinski definition) is 0. The van der Waals surface area contributed by atoms with Gasteiger partial charge in [-0.15, -0.1) is 0 Å². The first-order valence-corrected chi connectivity index (χ1v) is 9.90. The number of rotatable bonds is 5. The van der Waals surface area contributed by atoms with Crippen molar-refractivity contribution in [1.29, 1.82) is 0 Å². The number of hydrogen-bond acceptors (Lipinski definition) is 4.